The maximum atomic E-state index is 13.0. The van der Waals surface area contributed by atoms with Crippen LogP contribution in [0.15, 0.2) is 47.6 Å². The lowest BCUT2D eigenvalue weighted by molar-refractivity contribution is -0.125. The molecule has 2 unspecified atom stereocenters. The molecule has 5 N–H and O–H groups in total. The van der Waals surface area contributed by atoms with Crippen molar-refractivity contribution in [3.8, 4) is 11.5 Å². The molecule has 41 heavy (non-hydrogen) atoms. The smallest absolute Gasteiger partial charge is 0.233 e. The SMILES string of the molecule is CCCCCCOc1cc(CCNc2nc3ccccc3n2C2OC(CO)C(=NO)C2=O)ccc1OCCCCN. The van der Waals surface area contributed by atoms with E-state index in [0.29, 0.717) is 49.7 Å². The number of aliphatic hydroxyl groups is 1. The lowest BCUT2D eigenvalue weighted by Gasteiger charge is -2.17. The highest BCUT2D eigenvalue weighted by atomic mass is 16.5. The fourth-order valence-corrected chi connectivity index (χ4v) is 4.79. The summed E-state index contributed by atoms with van der Waals surface area (Å²) in [5, 5.41) is 25.3. The number of ketones is 1. The van der Waals surface area contributed by atoms with Crippen molar-refractivity contribution in [3.63, 3.8) is 0 Å². The van der Waals surface area contributed by atoms with E-state index in [2.05, 4.69) is 22.4 Å². The predicted octanol–water partition coefficient (Wildman–Crippen LogP) is 4.06. The van der Waals surface area contributed by atoms with Crippen molar-refractivity contribution in [2.24, 2.45) is 10.9 Å². The zero-order valence-electron chi connectivity index (χ0n) is 23.6. The Morgan fingerprint density at radius 1 is 1.07 bits per heavy atom. The van der Waals surface area contributed by atoms with Gasteiger partial charge in [-0.25, -0.2) is 4.98 Å². The summed E-state index contributed by atoms with van der Waals surface area (Å²) < 4.78 is 19.5. The fraction of sp³-hybridized carbons (Fsp3) is 0.500. The molecule has 4 rings (SSSR count). The molecule has 0 aliphatic carbocycles. The number of hydrogen-bond acceptors (Lipinski definition) is 10. The van der Waals surface area contributed by atoms with Gasteiger partial charge in [0.2, 0.25) is 18.0 Å². The van der Waals surface area contributed by atoms with Crippen molar-refractivity contribution in [1.29, 1.82) is 0 Å². The number of carbonyl (C=O) groups is 1. The van der Waals surface area contributed by atoms with Crippen LogP contribution >= 0.6 is 0 Å². The van der Waals surface area contributed by atoms with Gasteiger partial charge >= 0.3 is 0 Å². The summed E-state index contributed by atoms with van der Waals surface area (Å²) in [7, 11) is 0. The number of anilines is 1. The maximum absolute atomic E-state index is 13.0. The Morgan fingerprint density at radius 3 is 2.59 bits per heavy atom. The van der Waals surface area contributed by atoms with Gasteiger partial charge in [-0.2, -0.15) is 0 Å². The molecule has 2 aromatic carbocycles. The number of para-hydroxylation sites is 2. The second kappa shape index (κ2) is 15.4. The summed E-state index contributed by atoms with van der Waals surface area (Å²) in [6.45, 7) is 4.08. The lowest BCUT2D eigenvalue weighted by Crippen LogP contribution is -2.24. The van der Waals surface area contributed by atoms with Crippen LogP contribution < -0.4 is 20.5 Å². The number of Topliss-reactive ketones (excluding diaryl/α,β-unsaturated/α-hetero) is 1. The van der Waals surface area contributed by atoms with Crippen LogP contribution in [-0.4, -0.2) is 70.4 Å². The number of rotatable bonds is 17. The number of fused-ring (bicyclic) bond motifs is 1. The van der Waals surface area contributed by atoms with Crippen molar-refractivity contribution < 1.29 is 29.3 Å². The molecule has 11 nitrogen and oxygen atoms in total. The van der Waals surface area contributed by atoms with Crippen molar-refractivity contribution in [2.45, 2.75) is 64.2 Å². The molecule has 2 atom stereocenters. The molecular formula is C30H41N5O6. The number of nitrogens with two attached hydrogens (primary N) is 1. The number of aliphatic hydroxyl groups excluding tert-OH is 1. The number of aromatic nitrogens is 2. The number of benzene rings is 2. The Morgan fingerprint density at radius 2 is 1.85 bits per heavy atom. The van der Waals surface area contributed by atoms with E-state index in [1.165, 1.54) is 12.8 Å². The van der Waals surface area contributed by atoms with Gasteiger partial charge < -0.3 is 35.6 Å². The highest BCUT2D eigenvalue weighted by Crippen LogP contribution is 2.32. The average molecular weight is 568 g/mol. The number of hydrogen-bond donors (Lipinski definition) is 4. The molecule has 11 heteroatoms. The molecule has 1 fully saturated rings. The van der Waals surface area contributed by atoms with Crippen LogP contribution in [0, 0.1) is 0 Å². The van der Waals surface area contributed by atoms with Crippen LogP contribution in [0.4, 0.5) is 5.95 Å². The van der Waals surface area contributed by atoms with E-state index >= 15 is 0 Å². The summed E-state index contributed by atoms with van der Waals surface area (Å²) in [4.78, 5) is 17.7. The minimum absolute atomic E-state index is 0.214. The number of nitrogens with zero attached hydrogens (tertiary/aromatic N) is 3. The third-order valence-electron chi connectivity index (χ3n) is 7.00. The molecule has 1 aliphatic heterocycles. The number of unbranched alkanes of at least 4 members (excludes halogenated alkanes) is 4. The summed E-state index contributed by atoms with van der Waals surface area (Å²) in [6.07, 6.45) is 4.81. The van der Waals surface area contributed by atoms with Crippen molar-refractivity contribution in [2.75, 3.05) is 38.2 Å². The first kappa shape index (κ1) is 30.3. The van der Waals surface area contributed by atoms with Crippen molar-refractivity contribution >= 4 is 28.5 Å². The number of imidazole rings is 1. The normalized spacial score (nSPS) is 17.9. The average Bonchev–Trinajstić information content (AvgIpc) is 3.51. The van der Waals surface area contributed by atoms with E-state index in [1.54, 1.807) is 4.57 Å². The first-order valence-corrected chi connectivity index (χ1v) is 14.4. The van der Waals surface area contributed by atoms with E-state index in [9.17, 15) is 15.1 Å². The third kappa shape index (κ3) is 7.55. The van der Waals surface area contributed by atoms with Crippen LogP contribution in [0.5, 0.6) is 11.5 Å². The predicted molar refractivity (Wildman–Crippen MR) is 157 cm³/mol. The number of nitrogens with one attached hydrogen (secondary N) is 1. The van der Waals surface area contributed by atoms with Gasteiger partial charge in [0, 0.05) is 6.54 Å². The standard InChI is InChI=1S/C30H41N5O6/c1-2-3-4-8-17-40-25-19-21(12-13-24(25)39-18-9-7-15-31)14-16-32-30-33-22-10-5-6-11-23(22)35(30)29-28(37)27(34-38)26(20-36)41-29/h5-6,10-13,19,26,29,36,38H,2-4,7-9,14-18,20,31H2,1H3,(H,32,33). The molecule has 0 spiro atoms. The maximum Gasteiger partial charge on any atom is 0.233 e. The van der Waals surface area contributed by atoms with Gasteiger partial charge in [-0.05, 0) is 62.1 Å². The Hall–Kier alpha value is -3.67. The van der Waals surface area contributed by atoms with Gasteiger partial charge in [0.1, 0.15) is 6.10 Å². The van der Waals surface area contributed by atoms with E-state index in [-0.39, 0.29) is 5.71 Å². The molecule has 1 aromatic heterocycles. The second-order valence-electron chi connectivity index (χ2n) is 10.0. The molecule has 0 bridgehead atoms. The third-order valence-corrected chi connectivity index (χ3v) is 7.00. The zero-order valence-corrected chi connectivity index (χ0v) is 23.6. The highest BCUT2D eigenvalue weighted by Gasteiger charge is 2.43. The first-order chi connectivity index (χ1) is 20.1. The van der Waals surface area contributed by atoms with Gasteiger partial charge in [-0.3, -0.25) is 9.36 Å². The van der Waals surface area contributed by atoms with Crippen LogP contribution in [0.3, 0.4) is 0 Å². The number of oxime groups is 1. The monoisotopic (exact) mass is 567 g/mol. The van der Waals surface area contributed by atoms with E-state index < -0.39 is 24.7 Å². The second-order valence-corrected chi connectivity index (χ2v) is 10.0. The molecule has 2 heterocycles. The molecule has 0 amide bonds. The minimum Gasteiger partial charge on any atom is -0.490 e. The Kier molecular flexibility index (Phi) is 11.4. The van der Waals surface area contributed by atoms with E-state index in [1.807, 2.05) is 42.5 Å². The summed E-state index contributed by atoms with van der Waals surface area (Å²) in [5.74, 6) is 1.37. The van der Waals surface area contributed by atoms with Crippen molar-refractivity contribution in [3.05, 3.63) is 48.0 Å². The molecule has 1 saturated heterocycles. The number of ether oxygens (including phenoxy) is 3. The van der Waals surface area contributed by atoms with Crippen LogP contribution in [-0.2, 0) is 16.0 Å². The van der Waals surface area contributed by atoms with E-state index in [4.69, 9.17) is 19.9 Å². The molecule has 1 aliphatic rings. The Labute approximate surface area is 240 Å². The quantitative estimate of drug-likeness (QED) is 0.107. The zero-order chi connectivity index (χ0) is 29.0. The Balaban J connectivity index is 1.47. The van der Waals surface area contributed by atoms with Crippen LogP contribution in [0.25, 0.3) is 11.0 Å². The largest absolute Gasteiger partial charge is 0.490 e. The highest BCUT2D eigenvalue weighted by molar-refractivity contribution is 6.44. The van der Waals surface area contributed by atoms with Gasteiger partial charge in [0.05, 0.1) is 30.9 Å². The van der Waals surface area contributed by atoms with Gasteiger partial charge in [-0.1, -0.05) is 49.5 Å². The molecule has 222 valence electrons. The minimum atomic E-state index is -1.11. The van der Waals surface area contributed by atoms with E-state index in [0.717, 1.165) is 42.7 Å². The summed E-state index contributed by atoms with van der Waals surface area (Å²) >= 11 is 0. The molecule has 0 saturated carbocycles. The number of carbonyl (C=O) groups excluding carboxylic acids is 1. The summed E-state index contributed by atoms with van der Waals surface area (Å²) in [5.41, 5.74) is 7.81. The topological polar surface area (TPSA) is 153 Å². The Bertz CT molecular complexity index is 1310. The van der Waals surface area contributed by atoms with Gasteiger partial charge in [0.25, 0.3) is 0 Å². The first-order valence-electron chi connectivity index (χ1n) is 14.4. The molecular weight excluding hydrogens is 526 g/mol. The summed E-state index contributed by atoms with van der Waals surface area (Å²) in [6, 6.07) is 13.4. The van der Waals surface area contributed by atoms with Crippen molar-refractivity contribution in [1.82, 2.24) is 9.55 Å². The molecule has 0 radical (unpaired) electrons. The molecule has 3 aromatic rings. The van der Waals surface area contributed by atoms with Crippen LogP contribution in [0.2, 0.25) is 0 Å². The van der Waals surface area contributed by atoms with Gasteiger partial charge in [0.15, 0.2) is 17.2 Å². The lowest BCUT2D eigenvalue weighted by atomic mass is 10.1. The fourth-order valence-electron chi connectivity index (χ4n) is 4.79. The van der Waals surface area contributed by atoms with Gasteiger partial charge in [-0.15, -0.1) is 0 Å². The van der Waals surface area contributed by atoms with Crippen LogP contribution in [0.1, 0.15) is 57.2 Å².